The zero-order chi connectivity index (χ0) is 13.5. The third-order valence-electron chi connectivity index (χ3n) is 2.25. The molecule has 0 heterocycles. The molecule has 18 heavy (non-hydrogen) atoms. The molecule has 0 atom stereocenters. The first-order valence-electron chi connectivity index (χ1n) is 5.40. The van der Waals surface area contributed by atoms with Gasteiger partial charge in [0, 0.05) is 19.4 Å². The Morgan fingerprint density at radius 3 is 2.67 bits per heavy atom. The summed E-state index contributed by atoms with van der Waals surface area (Å²) in [6.07, 6.45) is 1.28. The second-order valence-corrected chi connectivity index (χ2v) is 3.64. The van der Waals surface area contributed by atoms with Crippen LogP contribution in [0.3, 0.4) is 0 Å². The van der Waals surface area contributed by atoms with E-state index in [0.29, 0.717) is 6.54 Å². The number of benzene rings is 1. The quantitative estimate of drug-likeness (QED) is 0.624. The van der Waals surface area contributed by atoms with Gasteiger partial charge in [0.1, 0.15) is 11.6 Å². The van der Waals surface area contributed by atoms with Gasteiger partial charge in [-0.05, 0) is 18.2 Å². The maximum absolute atomic E-state index is 13.2. The summed E-state index contributed by atoms with van der Waals surface area (Å²) in [5.41, 5.74) is -0.327. The molecule has 5 heteroatoms. The minimum Gasteiger partial charge on any atom is -0.353 e. The molecule has 0 unspecified atom stereocenters. The summed E-state index contributed by atoms with van der Waals surface area (Å²) in [7, 11) is 0. The van der Waals surface area contributed by atoms with Gasteiger partial charge in [-0.25, -0.2) is 8.78 Å². The molecule has 0 aliphatic heterocycles. The Labute approximate surface area is 104 Å². The standard InChI is InChI=1S/C13H13F2NO2/c1-2-7-16-13(18)6-5-12(17)10-8-9(14)3-4-11(10)15/h2-4,8H,1,5-7H2,(H,16,18). The van der Waals surface area contributed by atoms with E-state index in [9.17, 15) is 18.4 Å². The van der Waals surface area contributed by atoms with Gasteiger partial charge in [-0.3, -0.25) is 9.59 Å². The zero-order valence-corrected chi connectivity index (χ0v) is 9.71. The normalized spacial score (nSPS) is 9.89. The Bertz CT molecular complexity index is 472. The summed E-state index contributed by atoms with van der Waals surface area (Å²) in [6, 6.07) is 2.66. The van der Waals surface area contributed by atoms with Gasteiger partial charge in [-0.1, -0.05) is 6.08 Å². The van der Waals surface area contributed by atoms with Gasteiger partial charge >= 0.3 is 0 Å². The van der Waals surface area contributed by atoms with E-state index in [0.717, 1.165) is 18.2 Å². The van der Waals surface area contributed by atoms with E-state index in [1.54, 1.807) is 0 Å². The topological polar surface area (TPSA) is 46.2 Å². The van der Waals surface area contributed by atoms with Crippen molar-refractivity contribution < 1.29 is 18.4 Å². The van der Waals surface area contributed by atoms with E-state index in [1.165, 1.54) is 6.08 Å². The monoisotopic (exact) mass is 253 g/mol. The van der Waals surface area contributed by atoms with Crippen LogP contribution in [-0.4, -0.2) is 18.2 Å². The molecule has 0 saturated carbocycles. The van der Waals surface area contributed by atoms with E-state index in [1.807, 2.05) is 0 Å². The van der Waals surface area contributed by atoms with Crippen LogP contribution in [-0.2, 0) is 4.79 Å². The van der Waals surface area contributed by atoms with Crippen LogP contribution in [0.1, 0.15) is 23.2 Å². The molecule has 0 aliphatic carbocycles. The molecule has 0 saturated heterocycles. The molecule has 0 spiro atoms. The highest BCUT2D eigenvalue weighted by atomic mass is 19.1. The molecule has 1 amide bonds. The SMILES string of the molecule is C=CCNC(=O)CCC(=O)c1cc(F)ccc1F. The van der Waals surface area contributed by atoms with E-state index >= 15 is 0 Å². The summed E-state index contributed by atoms with van der Waals surface area (Å²) in [4.78, 5) is 22.8. The van der Waals surface area contributed by atoms with Crippen molar-refractivity contribution in [2.75, 3.05) is 6.54 Å². The molecule has 1 rings (SSSR count). The molecule has 0 aliphatic rings. The Morgan fingerprint density at radius 2 is 2.00 bits per heavy atom. The predicted octanol–water partition coefficient (Wildman–Crippen LogP) is 2.23. The number of hydrogen-bond donors (Lipinski definition) is 1. The van der Waals surface area contributed by atoms with Crippen LogP contribution >= 0.6 is 0 Å². The van der Waals surface area contributed by atoms with Crippen LogP contribution < -0.4 is 5.32 Å². The van der Waals surface area contributed by atoms with Gasteiger partial charge in [0.2, 0.25) is 5.91 Å². The molecule has 0 fully saturated rings. The molecular formula is C13H13F2NO2. The number of nitrogens with one attached hydrogen (secondary N) is 1. The Hall–Kier alpha value is -2.04. The number of hydrogen-bond acceptors (Lipinski definition) is 2. The number of carbonyl (C=O) groups excluding carboxylic acids is 2. The van der Waals surface area contributed by atoms with Crippen molar-refractivity contribution in [1.29, 1.82) is 0 Å². The number of rotatable bonds is 6. The minimum absolute atomic E-state index is 0.0668. The number of ketones is 1. The molecule has 3 nitrogen and oxygen atoms in total. The second-order valence-electron chi connectivity index (χ2n) is 3.64. The summed E-state index contributed by atoms with van der Waals surface area (Å²) in [6.45, 7) is 3.73. The van der Waals surface area contributed by atoms with Crippen molar-refractivity contribution in [3.63, 3.8) is 0 Å². The third kappa shape index (κ3) is 4.08. The third-order valence-corrected chi connectivity index (χ3v) is 2.25. The van der Waals surface area contributed by atoms with Gasteiger partial charge in [-0.15, -0.1) is 6.58 Å². The summed E-state index contributed by atoms with van der Waals surface area (Å²) >= 11 is 0. The minimum atomic E-state index is -0.784. The van der Waals surface area contributed by atoms with E-state index < -0.39 is 17.4 Å². The molecule has 0 bridgehead atoms. The van der Waals surface area contributed by atoms with Gasteiger partial charge in [-0.2, -0.15) is 0 Å². The highest BCUT2D eigenvalue weighted by molar-refractivity contribution is 5.98. The first kappa shape index (κ1) is 14.0. The van der Waals surface area contributed by atoms with Gasteiger partial charge in [0.25, 0.3) is 0 Å². The summed E-state index contributed by atoms with van der Waals surface area (Å²) in [5.74, 6) is -2.40. The van der Waals surface area contributed by atoms with Crippen molar-refractivity contribution in [1.82, 2.24) is 5.32 Å². The zero-order valence-electron chi connectivity index (χ0n) is 9.71. The van der Waals surface area contributed by atoms with Crippen molar-refractivity contribution >= 4 is 11.7 Å². The van der Waals surface area contributed by atoms with E-state index in [2.05, 4.69) is 11.9 Å². The van der Waals surface area contributed by atoms with Crippen molar-refractivity contribution in [3.05, 3.63) is 48.1 Å². The number of Topliss-reactive ketones (excluding diaryl/α,β-unsaturated/α-hetero) is 1. The lowest BCUT2D eigenvalue weighted by Gasteiger charge is -2.03. The second kappa shape index (κ2) is 6.64. The van der Waals surface area contributed by atoms with Crippen LogP contribution in [0, 0.1) is 11.6 Å². The smallest absolute Gasteiger partial charge is 0.220 e. The number of carbonyl (C=O) groups is 2. The van der Waals surface area contributed by atoms with E-state index in [-0.39, 0.29) is 24.3 Å². The van der Waals surface area contributed by atoms with Crippen molar-refractivity contribution in [3.8, 4) is 0 Å². The average Bonchev–Trinajstić information content (AvgIpc) is 2.36. The van der Waals surface area contributed by atoms with Crippen LogP contribution in [0.2, 0.25) is 0 Å². The fraction of sp³-hybridized carbons (Fsp3) is 0.231. The molecule has 1 N–H and O–H groups in total. The Kier molecular flexibility index (Phi) is 5.17. The maximum atomic E-state index is 13.2. The predicted molar refractivity (Wildman–Crippen MR) is 63.1 cm³/mol. The molecule has 1 aromatic carbocycles. The molecule has 96 valence electrons. The number of halogens is 2. The molecule has 0 radical (unpaired) electrons. The Balaban J connectivity index is 2.57. The molecule has 1 aromatic rings. The maximum Gasteiger partial charge on any atom is 0.220 e. The number of amides is 1. The largest absolute Gasteiger partial charge is 0.353 e. The van der Waals surface area contributed by atoms with Crippen LogP contribution in [0.15, 0.2) is 30.9 Å². The highest BCUT2D eigenvalue weighted by Crippen LogP contribution is 2.12. The van der Waals surface area contributed by atoms with Gasteiger partial charge in [0.05, 0.1) is 5.56 Å². The fourth-order valence-electron chi connectivity index (χ4n) is 1.35. The van der Waals surface area contributed by atoms with Crippen molar-refractivity contribution in [2.45, 2.75) is 12.8 Å². The first-order valence-corrected chi connectivity index (χ1v) is 5.40. The van der Waals surface area contributed by atoms with Gasteiger partial charge < -0.3 is 5.32 Å². The van der Waals surface area contributed by atoms with Crippen LogP contribution in [0.4, 0.5) is 8.78 Å². The Morgan fingerprint density at radius 1 is 1.28 bits per heavy atom. The van der Waals surface area contributed by atoms with E-state index in [4.69, 9.17) is 0 Å². The van der Waals surface area contributed by atoms with Gasteiger partial charge in [0.15, 0.2) is 5.78 Å². The fourth-order valence-corrected chi connectivity index (χ4v) is 1.35. The summed E-state index contributed by atoms with van der Waals surface area (Å²) < 4.78 is 26.1. The van der Waals surface area contributed by atoms with Crippen LogP contribution in [0.25, 0.3) is 0 Å². The summed E-state index contributed by atoms with van der Waals surface area (Å²) in [5, 5.41) is 2.49. The average molecular weight is 253 g/mol. The lowest BCUT2D eigenvalue weighted by atomic mass is 10.1. The molecular weight excluding hydrogens is 240 g/mol. The first-order chi connectivity index (χ1) is 8.54. The highest BCUT2D eigenvalue weighted by Gasteiger charge is 2.14. The lowest BCUT2D eigenvalue weighted by molar-refractivity contribution is -0.120. The molecule has 0 aromatic heterocycles. The van der Waals surface area contributed by atoms with Crippen molar-refractivity contribution in [2.24, 2.45) is 0 Å². The lowest BCUT2D eigenvalue weighted by Crippen LogP contribution is -2.23. The van der Waals surface area contributed by atoms with Crippen LogP contribution in [0.5, 0.6) is 0 Å².